The molecule has 0 saturated heterocycles. The Morgan fingerprint density at radius 3 is 1.93 bits per heavy atom. The molecule has 0 amide bonds. The highest BCUT2D eigenvalue weighted by molar-refractivity contribution is 5.88. The third-order valence-corrected chi connectivity index (χ3v) is 6.86. The van der Waals surface area contributed by atoms with Crippen LogP contribution in [0.2, 0.25) is 0 Å². The predicted molar refractivity (Wildman–Crippen MR) is 152 cm³/mol. The Morgan fingerprint density at radius 1 is 0.837 bits per heavy atom. The number of rotatable bonds is 11. The number of carboxylic acid groups (broad SMARTS) is 3. The highest BCUT2D eigenvalue weighted by Crippen LogP contribution is 2.42. The SMILES string of the molecule is COc1ccc([C@@H]2N[C@H](c3cccnc3)Cc3cc(OC)c(OC)cc32)cc1OC.O=C(O)CC(O)(CC(=O)O)C(=O)O. The van der Waals surface area contributed by atoms with Gasteiger partial charge in [0, 0.05) is 18.4 Å². The Balaban J connectivity index is 0.000000331. The number of pyridine rings is 1. The standard InChI is InChI=1S/C24H26N2O4.C6H8O7/c1-27-20-8-7-15(11-21(20)28-2)24-18-13-23(30-4)22(29-3)12-17(18)10-19(26-24)16-6-5-9-25-14-16;7-3(8)1-6(13,5(11)12)2-4(9)10/h5-9,11-14,19,24,26H,10H2,1-4H3;13H,1-2H2,(H,7,8)(H,9,10)(H,11,12)/t19-,24-;/m0./s1. The van der Waals surface area contributed by atoms with Crippen LogP contribution in [0.25, 0.3) is 0 Å². The zero-order valence-corrected chi connectivity index (χ0v) is 24.1. The number of aromatic nitrogens is 1. The lowest BCUT2D eigenvalue weighted by atomic mass is 9.84. The Kier molecular flexibility index (Phi) is 10.9. The maximum Gasteiger partial charge on any atom is 0.336 e. The molecule has 0 bridgehead atoms. The van der Waals surface area contributed by atoms with Crippen molar-refractivity contribution in [2.45, 2.75) is 36.9 Å². The van der Waals surface area contributed by atoms with Gasteiger partial charge in [-0.3, -0.25) is 19.9 Å². The van der Waals surface area contributed by atoms with E-state index in [2.05, 4.69) is 34.6 Å². The number of nitrogens with zero attached hydrogens (tertiary/aromatic N) is 1. The first-order chi connectivity index (χ1) is 20.5. The maximum atomic E-state index is 10.3. The van der Waals surface area contributed by atoms with Gasteiger partial charge in [-0.25, -0.2) is 4.79 Å². The lowest BCUT2D eigenvalue weighted by Gasteiger charge is -2.34. The Hall–Kier alpha value is -4.88. The number of aliphatic hydroxyl groups is 1. The first kappa shape index (κ1) is 32.6. The zero-order chi connectivity index (χ0) is 31.7. The molecule has 13 nitrogen and oxygen atoms in total. The third kappa shape index (κ3) is 7.90. The highest BCUT2D eigenvalue weighted by atomic mass is 16.5. The zero-order valence-electron chi connectivity index (χ0n) is 24.1. The lowest BCUT2D eigenvalue weighted by Crippen LogP contribution is -2.42. The van der Waals surface area contributed by atoms with Crippen LogP contribution >= 0.6 is 0 Å². The molecule has 0 spiro atoms. The van der Waals surface area contributed by atoms with Crippen LogP contribution in [0, 0.1) is 0 Å². The van der Waals surface area contributed by atoms with E-state index in [1.807, 2.05) is 24.4 Å². The van der Waals surface area contributed by atoms with Gasteiger partial charge in [0.15, 0.2) is 28.6 Å². The molecule has 2 atom stereocenters. The molecular formula is C30H34N2O11. The Morgan fingerprint density at radius 2 is 1.42 bits per heavy atom. The van der Waals surface area contributed by atoms with E-state index in [9.17, 15) is 14.4 Å². The van der Waals surface area contributed by atoms with Crippen molar-refractivity contribution in [2.75, 3.05) is 28.4 Å². The van der Waals surface area contributed by atoms with Gasteiger partial charge in [0.25, 0.3) is 0 Å². The average Bonchev–Trinajstić information content (AvgIpc) is 2.99. The number of methoxy groups -OCH3 is 4. The van der Waals surface area contributed by atoms with E-state index in [1.165, 1.54) is 5.56 Å². The van der Waals surface area contributed by atoms with Crippen LogP contribution in [-0.4, -0.2) is 77.4 Å². The van der Waals surface area contributed by atoms with E-state index in [0.29, 0.717) is 17.2 Å². The van der Waals surface area contributed by atoms with Gasteiger partial charge >= 0.3 is 17.9 Å². The van der Waals surface area contributed by atoms with Crippen molar-refractivity contribution in [3.63, 3.8) is 0 Å². The number of hydrogen-bond acceptors (Lipinski definition) is 10. The van der Waals surface area contributed by atoms with Gasteiger partial charge in [0.1, 0.15) is 0 Å². The molecule has 5 N–H and O–H groups in total. The van der Waals surface area contributed by atoms with Crippen molar-refractivity contribution in [1.82, 2.24) is 10.3 Å². The van der Waals surface area contributed by atoms with E-state index in [-0.39, 0.29) is 12.1 Å². The van der Waals surface area contributed by atoms with Crippen LogP contribution in [0.5, 0.6) is 23.0 Å². The molecule has 0 unspecified atom stereocenters. The summed E-state index contributed by atoms with van der Waals surface area (Å²) in [5.41, 5.74) is 1.84. The molecule has 2 aromatic carbocycles. The summed E-state index contributed by atoms with van der Waals surface area (Å²) in [6, 6.07) is 14.3. The molecule has 0 aliphatic carbocycles. The van der Waals surface area contributed by atoms with E-state index in [1.54, 1.807) is 34.6 Å². The van der Waals surface area contributed by atoms with Crippen molar-refractivity contribution >= 4 is 17.9 Å². The second-order valence-electron chi connectivity index (χ2n) is 9.64. The molecule has 43 heavy (non-hydrogen) atoms. The predicted octanol–water partition coefficient (Wildman–Crippen LogP) is 2.84. The summed E-state index contributed by atoms with van der Waals surface area (Å²) in [4.78, 5) is 34.8. The van der Waals surface area contributed by atoms with Gasteiger partial charge in [-0.15, -0.1) is 0 Å². The van der Waals surface area contributed by atoms with Gasteiger partial charge in [0.2, 0.25) is 0 Å². The van der Waals surface area contributed by atoms with Crippen LogP contribution in [-0.2, 0) is 20.8 Å². The minimum atomic E-state index is -2.74. The Labute approximate surface area is 247 Å². The van der Waals surface area contributed by atoms with Crippen molar-refractivity contribution in [3.05, 3.63) is 77.1 Å². The fourth-order valence-electron chi connectivity index (χ4n) is 4.77. The summed E-state index contributed by atoms with van der Waals surface area (Å²) in [7, 11) is 6.61. The fourth-order valence-corrected chi connectivity index (χ4v) is 4.77. The molecule has 13 heteroatoms. The highest BCUT2D eigenvalue weighted by Gasteiger charge is 2.40. The number of ether oxygens (including phenoxy) is 4. The second kappa shape index (κ2) is 14.3. The maximum absolute atomic E-state index is 10.3. The minimum absolute atomic E-state index is 0.0569. The largest absolute Gasteiger partial charge is 0.493 e. The second-order valence-corrected chi connectivity index (χ2v) is 9.64. The van der Waals surface area contributed by atoms with Crippen LogP contribution < -0.4 is 24.3 Å². The molecule has 0 radical (unpaired) electrons. The molecule has 1 aliphatic heterocycles. The van der Waals surface area contributed by atoms with E-state index >= 15 is 0 Å². The summed E-state index contributed by atoms with van der Waals surface area (Å²) >= 11 is 0. The topological polar surface area (TPSA) is 194 Å². The number of carbonyl (C=O) groups is 3. The minimum Gasteiger partial charge on any atom is -0.493 e. The first-order valence-electron chi connectivity index (χ1n) is 13.0. The van der Waals surface area contributed by atoms with Crippen molar-refractivity contribution < 1.29 is 53.8 Å². The summed E-state index contributed by atoms with van der Waals surface area (Å²) < 4.78 is 22.1. The van der Waals surface area contributed by atoms with Crippen molar-refractivity contribution in [1.29, 1.82) is 0 Å². The van der Waals surface area contributed by atoms with Gasteiger partial charge in [-0.1, -0.05) is 12.1 Å². The summed E-state index contributed by atoms with van der Waals surface area (Å²) in [6.07, 6.45) is 2.24. The van der Waals surface area contributed by atoms with Gasteiger partial charge < -0.3 is 39.4 Å². The molecule has 1 aliphatic rings. The number of hydrogen-bond donors (Lipinski definition) is 5. The van der Waals surface area contributed by atoms with E-state index in [0.717, 1.165) is 28.9 Å². The lowest BCUT2D eigenvalue weighted by molar-refractivity contribution is -0.170. The smallest absolute Gasteiger partial charge is 0.336 e. The number of aliphatic carboxylic acids is 3. The van der Waals surface area contributed by atoms with Crippen LogP contribution in [0.3, 0.4) is 0 Å². The van der Waals surface area contributed by atoms with Crippen LogP contribution in [0.4, 0.5) is 0 Å². The summed E-state index contributed by atoms with van der Waals surface area (Å²) in [6.45, 7) is 0. The molecule has 0 fully saturated rings. The number of nitrogens with one attached hydrogen (secondary N) is 1. The average molecular weight is 599 g/mol. The van der Waals surface area contributed by atoms with Gasteiger partial charge in [-0.05, 0) is 59.0 Å². The summed E-state index contributed by atoms with van der Waals surface area (Å²) in [5.74, 6) is -2.18. The summed E-state index contributed by atoms with van der Waals surface area (Å²) in [5, 5.41) is 37.6. The molecule has 0 saturated carbocycles. The number of benzene rings is 2. The quantitative estimate of drug-likeness (QED) is 0.216. The van der Waals surface area contributed by atoms with E-state index in [4.69, 9.17) is 39.4 Å². The molecule has 4 rings (SSSR count). The fraction of sp³-hybridized carbons (Fsp3) is 0.333. The molecule has 3 aromatic rings. The van der Waals surface area contributed by atoms with Crippen LogP contribution in [0.1, 0.15) is 47.2 Å². The number of fused-ring (bicyclic) bond motifs is 1. The monoisotopic (exact) mass is 598 g/mol. The number of carboxylic acids is 3. The van der Waals surface area contributed by atoms with E-state index < -0.39 is 36.4 Å². The normalized spacial score (nSPS) is 15.7. The van der Waals surface area contributed by atoms with Crippen LogP contribution in [0.15, 0.2) is 54.9 Å². The first-order valence-corrected chi connectivity index (χ1v) is 13.0. The third-order valence-electron chi connectivity index (χ3n) is 6.86. The Bertz CT molecular complexity index is 1430. The van der Waals surface area contributed by atoms with Gasteiger partial charge in [-0.2, -0.15) is 0 Å². The molecule has 230 valence electrons. The van der Waals surface area contributed by atoms with Gasteiger partial charge in [0.05, 0.1) is 47.3 Å². The van der Waals surface area contributed by atoms with Crippen molar-refractivity contribution in [2.24, 2.45) is 0 Å². The molecular weight excluding hydrogens is 564 g/mol. The molecule has 1 aromatic heterocycles. The van der Waals surface area contributed by atoms with Crippen molar-refractivity contribution in [3.8, 4) is 23.0 Å². The molecule has 2 heterocycles.